The number of carboxylic acid groups (broad SMARTS) is 1. The van der Waals surface area contributed by atoms with Gasteiger partial charge in [0.25, 0.3) is 0 Å². The minimum atomic E-state index is -4.30. The Balaban J connectivity index is 2.32. The fourth-order valence-corrected chi connectivity index (χ4v) is 2.57. The molecule has 4 nitrogen and oxygen atoms in total. The SMILES string of the molecule is C[C@H]1[C@H](CC(F)(F)F)Nc2ccccc2[C@@H]1NC(=O)O. The second-order valence-electron chi connectivity index (χ2n) is 4.94. The summed E-state index contributed by atoms with van der Waals surface area (Å²) in [5.74, 6) is -0.511. The molecular weight excluding hydrogens is 273 g/mol. The van der Waals surface area contributed by atoms with Crippen LogP contribution < -0.4 is 10.6 Å². The van der Waals surface area contributed by atoms with Gasteiger partial charge < -0.3 is 15.7 Å². The third-order valence-corrected chi connectivity index (χ3v) is 3.53. The summed E-state index contributed by atoms with van der Waals surface area (Å²) < 4.78 is 37.8. The van der Waals surface area contributed by atoms with E-state index in [4.69, 9.17) is 5.11 Å². The van der Waals surface area contributed by atoms with Crippen LogP contribution in [0.15, 0.2) is 24.3 Å². The molecule has 1 aromatic rings. The van der Waals surface area contributed by atoms with Crippen molar-refractivity contribution in [2.24, 2.45) is 5.92 Å². The van der Waals surface area contributed by atoms with Crippen LogP contribution in [0.5, 0.6) is 0 Å². The molecule has 1 aromatic carbocycles. The third-order valence-electron chi connectivity index (χ3n) is 3.53. The van der Waals surface area contributed by atoms with Gasteiger partial charge in [-0.1, -0.05) is 25.1 Å². The Labute approximate surface area is 114 Å². The lowest BCUT2D eigenvalue weighted by Gasteiger charge is -2.39. The molecule has 110 valence electrons. The zero-order chi connectivity index (χ0) is 14.9. The number of halogens is 3. The monoisotopic (exact) mass is 288 g/mol. The maximum absolute atomic E-state index is 12.6. The zero-order valence-electron chi connectivity index (χ0n) is 10.7. The van der Waals surface area contributed by atoms with Crippen molar-refractivity contribution in [1.29, 1.82) is 0 Å². The number of hydrogen-bond acceptors (Lipinski definition) is 2. The van der Waals surface area contributed by atoms with E-state index in [2.05, 4.69) is 10.6 Å². The number of alkyl halides is 3. The van der Waals surface area contributed by atoms with Crippen LogP contribution in [0.4, 0.5) is 23.7 Å². The van der Waals surface area contributed by atoms with E-state index >= 15 is 0 Å². The van der Waals surface area contributed by atoms with Crippen molar-refractivity contribution < 1.29 is 23.1 Å². The van der Waals surface area contributed by atoms with E-state index in [1.807, 2.05) is 0 Å². The quantitative estimate of drug-likeness (QED) is 0.782. The summed E-state index contributed by atoms with van der Waals surface area (Å²) in [7, 11) is 0. The Morgan fingerprint density at radius 1 is 1.40 bits per heavy atom. The molecule has 0 saturated carbocycles. The highest BCUT2D eigenvalue weighted by atomic mass is 19.4. The van der Waals surface area contributed by atoms with E-state index < -0.39 is 36.7 Å². The molecule has 0 fully saturated rings. The van der Waals surface area contributed by atoms with Gasteiger partial charge in [0, 0.05) is 17.6 Å². The zero-order valence-corrected chi connectivity index (χ0v) is 10.7. The molecule has 3 N–H and O–H groups in total. The number of anilines is 1. The second kappa shape index (κ2) is 5.22. The van der Waals surface area contributed by atoms with Gasteiger partial charge in [-0.3, -0.25) is 0 Å². The summed E-state index contributed by atoms with van der Waals surface area (Å²) >= 11 is 0. The van der Waals surface area contributed by atoms with Gasteiger partial charge in [0.05, 0.1) is 12.5 Å². The molecule has 0 radical (unpaired) electrons. The highest BCUT2D eigenvalue weighted by Crippen LogP contribution is 2.39. The summed E-state index contributed by atoms with van der Waals surface area (Å²) in [6.45, 7) is 1.61. The van der Waals surface area contributed by atoms with E-state index in [-0.39, 0.29) is 0 Å². The van der Waals surface area contributed by atoms with Crippen LogP contribution >= 0.6 is 0 Å². The van der Waals surface area contributed by atoms with Gasteiger partial charge in [0.15, 0.2) is 0 Å². The van der Waals surface area contributed by atoms with Gasteiger partial charge in [-0.05, 0) is 11.6 Å². The average Bonchev–Trinajstić information content (AvgIpc) is 2.32. The summed E-state index contributed by atoms with van der Waals surface area (Å²) in [6.07, 6.45) is -6.55. The molecule has 0 aliphatic carbocycles. The summed E-state index contributed by atoms with van der Waals surface area (Å²) in [6, 6.07) is 5.28. The lowest BCUT2D eigenvalue weighted by atomic mass is 9.82. The number of hydrogen-bond donors (Lipinski definition) is 3. The van der Waals surface area contributed by atoms with Crippen molar-refractivity contribution in [2.75, 3.05) is 5.32 Å². The van der Waals surface area contributed by atoms with Crippen LogP contribution in [0, 0.1) is 5.92 Å². The average molecular weight is 288 g/mol. The molecule has 0 unspecified atom stereocenters. The van der Waals surface area contributed by atoms with Crippen LogP contribution in [-0.4, -0.2) is 23.4 Å². The highest BCUT2D eigenvalue weighted by molar-refractivity contribution is 5.67. The maximum Gasteiger partial charge on any atom is 0.405 e. The number of nitrogens with one attached hydrogen (secondary N) is 2. The Morgan fingerprint density at radius 3 is 2.65 bits per heavy atom. The molecule has 0 bridgehead atoms. The Hall–Kier alpha value is -1.92. The largest absolute Gasteiger partial charge is 0.465 e. The van der Waals surface area contributed by atoms with E-state index in [0.29, 0.717) is 11.3 Å². The van der Waals surface area contributed by atoms with Crippen molar-refractivity contribution in [3.05, 3.63) is 29.8 Å². The summed E-state index contributed by atoms with van der Waals surface area (Å²) in [5.41, 5.74) is 1.21. The number of rotatable bonds is 2. The number of para-hydroxylation sites is 1. The lowest BCUT2D eigenvalue weighted by molar-refractivity contribution is -0.140. The predicted octanol–water partition coefficient (Wildman–Crippen LogP) is 3.38. The van der Waals surface area contributed by atoms with Crippen LogP contribution in [0.1, 0.15) is 24.9 Å². The fraction of sp³-hybridized carbons (Fsp3) is 0.462. The molecular formula is C13H15F3N2O2. The minimum absolute atomic E-state index is 0.511. The Kier molecular flexibility index (Phi) is 3.78. The topological polar surface area (TPSA) is 61.4 Å². The van der Waals surface area contributed by atoms with Crippen molar-refractivity contribution in [3.63, 3.8) is 0 Å². The standard InChI is InChI=1S/C13H15F3N2O2/c1-7-10(6-13(14,15)16)17-9-5-3-2-4-8(9)11(7)18-12(19)20/h2-5,7,10-11,17-18H,6H2,1H3,(H,19,20)/t7-,10-,11+/m0/s1. The van der Waals surface area contributed by atoms with Gasteiger partial charge in [-0.15, -0.1) is 0 Å². The van der Waals surface area contributed by atoms with Crippen molar-refractivity contribution in [1.82, 2.24) is 5.32 Å². The first-order valence-corrected chi connectivity index (χ1v) is 6.19. The molecule has 3 atom stereocenters. The Morgan fingerprint density at radius 2 is 2.05 bits per heavy atom. The lowest BCUT2D eigenvalue weighted by Crippen LogP contribution is -2.45. The fourth-order valence-electron chi connectivity index (χ4n) is 2.57. The highest BCUT2D eigenvalue weighted by Gasteiger charge is 2.40. The first kappa shape index (κ1) is 14.5. The van der Waals surface area contributed by atoms with Crippen LogP contribution in [0.25, 0.3) is 0 Å². The van der Waals surface area contributed by atoms with Crippen molar-refractivity contribution >= 4 is 11.8 Å². The van der Waals surface area contributed by atoms with E-state index in [0.717, 1.165) is 0 Å². The van der Waals surface area contributed by atoms with E-state index in [9.17, 15) is 18.0 Å². The van der Waals surface area contributed by atoms with Crippen LogP contribution in [0.2, 0.25) is 0 Å². The summed E-state index contributed by atoms with van der Waals surface area (Å²) in [4.78, 5) is 10.9. The third kappa shape index (κ3) is 3.15. The van der Waals surface area contributed by atoms with Crippen LogP contribution in [0.3, 0.4) is 0 Å². The van der Waals surface area contributed by atoms with Crippen LogP contribution in [-0.2, 0) is 0 Å². The molecule has 1 amide bonds. The molecule has 1 aliphatic heterocycles. The number of amides is 1. The molecule has 7 heteroatoms. The second-order valence-corrected chi connectivity index (χ2v) is 4.94. The van der Waals surface area contributed by atoms with Gasteiger partial charge >= 0.3 is 12.3 Å². The molecule has 2 rings (SSSR count). The van der Waals surface area contributed by atoms with E-state index in [1.54, 1.807) is 31.2 Å². The summed E-state index contributed by atoms with van der Waals surface area (Å²) in [5, 5.41) is 14.0. The first-order valence-electron chi connectivity index (χ1n) is 6.19. The normalized spacial score (nSPS) is 25.5. The number of carbonyl (C=O) groups is 1. The van der Waals surface area contributed by atoms with Gasteiger partial charge in [-0.2, -0.15) is 13.2 Å². The van der Waals surface area contributed by atoms with Gasteiger partial charge in [-0.25, -0.2) is 4.79 Å². The smallest absolute Gasteiger partial charge is 0.405 e. The molecule has 0 saturated heterocycles. The minimum Gasteiger partial charge on any atom is -0.465 e. The first-order chi connectivity index (χ1) is 9.28. The van der Waals surface area contributed by atoms with Gasteiger partial charge in [0.2, 0.25) is 0 Å². The molecule has 0 spiro atoms. The Bertz CT molecular complexity index is 505. The number of fused-ring (bicyclic) bond motifs is 1. The predicted molar refractivity (Wildman–Crippen MR) is 67.6 cm³/mol. The molecule has 1 aliphatic rings. The van der Waals surface area contributed by atoms with Crippen molar-refractivity contribution in [3.8, 4) is 0 Å². The molecule has 20 heavy (non-hydrogen) atoms. The van der Waals surface area contributed by atoms with Gasteiger partial charge in [0.1, 0.15) is 0 Å². The molecule has 0 aromatic heterocycles. The maximum atomic E-state index is 12.6. The van der Waals surface area contributed by atoms with E-state index in [1.165, 1.54) is 0 Å². The van der Waals surface area contributed by atoms with Crippen molar-refractivity contribution in [2.45, 2.75) is 31.6 Å². The number of benzene rings is 1. The molecule has 1 heterocycles.